The van der Waals surface area contributed by atoms with Crippen LogP contribution in [-0.4, -0.2) is 40.5 Å². The van der Waals surface area contributed by atoms with Crippen LogP contribution < -0.4 is 5.32 Å². The van der Waals surface area contributed by atoms with E-state index in [0.717, 1.165) is 25.0 Å². The minimum atomic E-state index is -4.66. The number of ether oxygens (including phenoxy) is 1. The van der Waals surface area contributed by atoms with Crippen LogP contribution in [0.3, 0.4) is 0 Å². The van der Waals surface area contributed by atoms with Crippen LogP contribution in [0, 0.1) is 5.82 Å². The molecule has 1 aromatic carbocycles. The van der Waals surface area contributed by atoms with Crippen molar-refractivity contribution < 1.29 is 31.9 Å². The second kappa shape index (κ2) is 9.40. The maximum atomic E-state index is 14.5. The number of benzene rings is 1. The molecule has 0 aliphatic carbocycles. The van der Waals surface area contributed by atoms with Gasteiger partial charge >= 0.3 is 6.18 Å². The Balaban J connectivity index is 1.61. The minimum absolute atomic E-state index is 0.0321. The Labute approximate surface area is 194 Å². The quantitative estimate of drug-likeness (QED) is 0.631. The number of alkyl halides is 3. The number of aromatic nitrogens is 1. The number of halogens is 4. The lowest BCUT2D eigenvalue weighted by atomic mass is 10.0. The average molecular weight is 481 g/mol. The summed E-state index contributed by atoms with van der Waals surface area (Å²) in [7, 11) is 0. The molecular weight excluding hydrogens is 454 g/mol. The first-order chi connectivity index (χ1) is 16.1. The van der Waals surface area contributed by atoms with Crippen LogP contribution in [0.25, 0.3) is 0 Å². The normalized spacial score (nSPS) is 19.1. The molecule has 3 heterocycles. The van der Waals surface area contributed by atoms with E-state index in [2.05, 4.69) is 5.32 Å². The Hall–Kier alpha value is -2.88. The van der Waals surface area contributed by atoms with E-state index in [1.807, 2.05) is 6.92 Å². The van der Waals surface area contributed by atoms with Gasteiger partial charge in [-0.3, -0.25) is 9.59 Å². The van der Waals surface area contributed by atoms with Crippen LogP contribution in [0.4, 0.5) is 17.6 Å². The number of amides is 2. The summed E-state index contributed by atoms with van der Waals surface area (Å²) in [5.74, 6) is -1.72. The fraction of sp³-hybridized carbons (Fsp3) is 0.500. The Kier molecular flexibility index (Phi) is 6.71. The predicted molar refractivity (Wildman–Crippen MR) is 116 cm³/mol. The maximum Gasteiger partial charge on any atom is 0.416 e. The van der Waals surface area contributed by atoms with Gasteiger partial charge in [-0.05, 0) is 44.4 Å². The van der Waals surface area contributed by atoms with Gasteiger partial charge in [0, 0.05) is 24.7 Å². The van der Waals surface area contributed by atoms with Crippen molar-refractivity contribution in [3.63, 3.8) is 0 Å². The number of fused-ring (bicyclic) bond motifs is 1. The van der Waals surface area contributed by atoms with Crippen molar-refractivity contribution in [2.45, 2.75) is 64.5 Å². The van der Waals surface area contributed by atoms with Gasteiger partial charge in [0.25, 0.3) is 11.8 Å². The van der Waals surface area contributed by atoms with E-state index >= 15 is 0 Å². The summed E-state index contributed by atoms with van der Waals surface area (Å²) in [6.07, 6.45) is -2.55. The molecule has 0 bridgehead atoms. The predicted octanol–water partition coefficient (Wildman–Crippen LogP) is 4.68. The van der Waals surface area contributed by atoms with Gasteiger partial charge in [-0.2, -0.15) is 13.2 Å². The molecule has 1 saturated heterocycles. The molecule has 2 aliphatic heterocycles. The highest BCUT2D eigenvalue weighted by molar-refractivity contribution is 6.01. The Morgan fingerprint density at radius 3 is 2.62 bits per heavy atom. The monoisotopic (exact) mass is 481 g/mol. The van der Waals surface area contributed by atoms with Crippen molar-refractivity contribution in [3.8, 4) is 0 Å². The Morgan fingerprint density at radius 1 is 1.24 bits per heavy atom. The number of nitrogens with zero attached hydrogens (tertiary/aromatic N) is 2. The summed E-state index contributed by atoms with van der Waals surface area (Å²) < 4.78 is 60.5. The van der Waals surface area contributed by atoms with Crippen LogP contribution in [-0.2, 0) is 24.1 Å². The van der Waals surface area contributed by atoms with Crippen molar-refractivity contribution in [2.24, 2.45) is 0 Å². The van der Waals surface area contributed by atoms with Gasteiger partial charge in [0.2, 0.25) is 0 Å². The SMILES string of the molecule is CC[C@@H](NC(=O)c1cc(C(=O)N2CCCC2C)n2c1COCC2)c1ccc(C(F)(F)F)cc1F. The number of carbonyl (C=O) groups excluding carboxylic acids is 2. The largest absolute Gasteiger partial charge is 0.416 e. The third kappa shape index (κ3) is 4.55. The van der Waals surface area contributed by atoms with E-state index in [1.165, 1.54) is 0 Å². The van der Waals surface area contributed by atoms with E-state index < -0.39 is 29.5 Å². The van der Waals surface area contributed by atoms with Gasteiger partial charge in [0.1, 0.15) is 11.5 Å². The molecule has 1 fully saturated rings. The summed E-state index contributed by atoms with van der Waals surface area (Å²) in [6, 6.07) is 3.11. The van der Waals surface area contributed by atoms with Crippen LogP contribution in [0.2, 0.25) is 0 Å². The van der Waals surface area contributed by atoms with Crippen LogP contribution in [0.5, 0.6) is 0 Å². The highest BCUT2D eigenvalue weighted by atomic mass is 19.4. The second-order valence-electron chi connectivity index (χ2n) is 8.75. The van der Waals surface area contributed by atoms with Crippen LogP contribution in [0.1, 0.15) is 76.8 Å². The van der Waals surface area contributed by atoms with E-state index in [1.54, 1.807) is 22.5 Å². The van der Waals surface area contributed by atoms with Crippen molar-refractivity contribution in [1.29, 1.82) is 0 Å². The molecule has 0 spiro atoms. The van der Waals surface area contributed by atoms with Crippen molar-refractivity contribution in [3.05, 3.63) is 58.2 Å². The number of nitrogens with one attached hydrogen (secondary N) is 1. The molecule has 1 aromatic heterocycles. The molecule has 1 unspecified atom stereocenters. The summed E-state index contributed by atoms with van der Waals surface area (Å²) in [6.45, 7) is 5.33. The number of carbonyl (C=O) groups is 2. The summed E-state index contributed by atoms with van der Waals surface area (Å²) in [5, 5.41) is 2.73. The van der Waals surface area contributed by atoms with Crippen molar-refractivity contribution in [1.82, 2.24) is 14.8 Å². The van der Waals surface area contributed by atoms with Gasteiger partial charge in [0.15, 0.2) is 0 Å². The first-order valence-corrected chi connectivity index (χ1v) is 11.4. The van der Waals surface area contributed by atoms with Gasteiger partial charge in [0.05, 0.1) is 36.1 Å². The lowest BCUT2D eigenvalue weighted by molar-refractivity contribution is -0.137. The lowest BCUT2D eigenvalue weighted by Gasteiger charge is -2.24. The molecular formula is C24H27F4N3O3. The summed E-state index contributed by atoms with van der Waals surface area (Å²) in [5.41, 5.74) is 0.0940. The lowest BCUT2D eigenvalue weighted by Crippen LogP contribution is -2.35. The molecule has 4 rings (SSSR count). The second-order valence-corrected chi connectivity index (χ2v) is 8.75. The molecule has 34 heavy (non-hydrogen) atoms. The molecule has 0 saturated carbocycles. The smallest absolute Gasteiger partial charge is 0.373 e. The standard InChI is InChI=1S/C24H27F4N3O3/c1-3-19(16-7-6-15(11-18(16)25)24(26,27)28)29-22(32)17-12-20(31-9-10-34-13-21(17)31)23(33)30-8-4-5-14(30)2/h6-7,11-12,14,19H,3-5,8-10,13H2,1-2H3,(H,29,32)/t14?,19-/m1/s1. The number of likely N-dealkylation sites (tertiary alicyclic amines) is 1. The van der Waals surface area contributed by atoms with Crippen molar-refractivity contribution in [2.75, 3.05) is 13.2 Å². The third-order valence-electron chi connectivity index (χ3n) is 6.60. The van der Waals surface area contributed by atoms with Gasteiger partial charge < -0.3 is 19.5 Å². The Morgan fingerprint density at radius 2 is 2.00 bits per heavy atom. The minimum Gasteiger partial charge on any atom is -0.373 e. The first kappa shape index (κ1) is 24.3. The summed E-state index contributed by atoms with van der Waals surface area (Å²) in [4.78, 5) is 28.2. The van der Waals surface area contributed by atoms with Gasteiger partial charge in [-0.1, -0.05) is 13.0 Å². The number of hydrogen-bond acceptors (Lipinski definition) is 3. The topological polar surface area (TPSA) is 63.6 Å². The molecule has 10 heteroatoms. The van der Waals surface area contributed by atoms with Crippen LogP contribution in [0.15, 0.2) is 24.3 Å². The van der Waals surface area contributed by atoms with E-state index in [4.69, 9.17) is 4.74 Å². The maximum absolute atomic E-state index is 14.5. The molecule has 2 aliphatic rings. The highest BCUT2D eigenvalue weighted by Gasteiger charge is 2.34. The fourth-order valence-electron chi connectivity index (χ4n) is 4.70. The molecule has 2 atom stereocenters. The van der Waals surface area contributed by atoms with E-state index in [9.17, 15) is 27.2 Å². The van der Waals surface area contributed by atoms with Crippen molar-refractivity contribution >= 4 is 11.8 Å². The van der Waals surface area contributed by atoms with E-state index in [0.29, 0.717) is 37.2 Å². The summed E-state index contributed by atoms with van der Waals surface area (Å²) >= 11 is 0. The van der Waals surface area contributed by atoms with Crippen LogP contribution >= 0.6 is 0 Å². The average Bonchev–Trinajstić information content (AvgIpc) is 3.40. The molecule has 2 amide bonds. The fourth-order valence-corrected chi connectivity index (χ4v) is 4.70. The molecule has 6 nitrogen and oxygen atoms in total. The zero-order chi connectivity index (χ0) is 24.6. The zero-order valence-corrected chi connectivity index (χ0v) is 19.0. The zero-order valence-electron chi connectivity index (χ0n) is 19.0. The third-order valence-corrected chi connectivity index (χ3v) is 6.60. The molecule has 2 aromatic rings. The Bertz CT molecular complexity index is 1100. The number of hydrogen-bond donors (Lipinski definition) is 1. The van der Waals surface area contributed by atoms with E-state index in [-0.39, 0.29) is 36.1 Å². The molecule has 0 radical (unpaired) electrons. The number of rotatable bonds is 5. The highest BCUT2D eigenvalue weighted by Crippen LogP contribution is 2.32. The van der Waals surface area contributed by atoms with Gasteiger partial charge in [-0.25, -0.2) is 4.39 Å². The molecule has 184 valence electrons. The molecule has 1 N–H and O–H groups in total. The van der Waals surface area contributed by atoms with Gasteiger partial charge in [-0.15, -0.1) is 0 Å². The first-order valence-electron chi connectivity index (χ1n) is 11.4.